The van der Waals surface area contributed by atoms with Crippen molar-refractivity contribution in [2.75, 3.05) is 7.11 Å². The van der Waals surface area contributed by atoms with E-state index in [4.69, 9.17) is 16.3 Å². The number of ether oxygens (including phenoxy) is 1. The number of hydrogen-bond donors (Lipinski definition) is 1. The van der Waals surface area contributed by atoms with Gasteiger partial charge in [0.25, 0.3) is 0 Å². The zero-order valence-corrected chi connectivity index (χ0v) is 11.7. The number of nitrogens with one attached hydrogen (secondary N) is 1. The van der Waals surface area contributed by atoms with Gasteiger partial charge >= 0.3 is 5.97 Å². The summed E-state index contributed by atoms with van der Waals surface area (Å²) in [6.07, 6.45) is 3.22. The van der Waals surface area contributed by atoms with Crippen LogP contribution in [-0.2, 0) is 9.53 Å². The number of halogens is 1. The molecular weight excluding hydrogens is 262 g/mol. The number of rotatable bonds is 2. The van der Waals surface area contributed by atoms with Gasteiger partial charge in [-0.15, -0.1) is 0 Å². The Balaban J connectivity index is 1.92. The Kier molecular flexibility index (Phi) is 3.50. The lowest BCUT2D eigenvalue weighted by Gasteiger charge is -2.36. The molecule has 4 atom stereocenters. The molecule has 1 aromatic carbocycles. The van der Waals surface area contributed by atoms with Crippen LogP contribution < -0.4 is 5.32 Å². The molecule has 0 unspecified atom stereocenters. The Morgan fingerprint density at radius 1 is 1.32 bits per heavy atom. The number of piperidine rings is 1. The maximum Gasteiger partial charge on any atom is 0.310 e. The fourth-order valence-corrected chi connectivity index (χ4v) is 3.70. The molecule has 1 aromatic rings. The number of methoxy groups -OCH3 is 1. The molecule has 3 rings (SSSR count). The third-order valence-electron chi connectivity index (χ3n) is 4.45. The number of carbonyl (C=O) groups excluding carboxylic acids is 1. The van der Waals surface area contributed by atoms with Gasteiger partial charge in [0.1, 0.15) is 0 Å². The van der Waals surface area contributed by atoms with Crippen LogP contribution in [0.25, 0.3) is 0 Å². The second-order valence-corrected chi connectivity index (χ2v) is 5.93. The Morgan fingerprint density at radius 2 is 2.05 bits per heavy atom. The first-order valence-electron chi connectivity index (χ1n) is 6.78. The van der Waals surface area contributed by atoms with E-state index in [0.717, 1.165) is 24.3 Å². The highest BCUT2D eigenvalue weighted by atomic mass is 35.5. The van der Waals surface area contributed by atoms with E-state index in [1.54, 1.807) is 0 Å². The lowest BCUT2D eigenvalue weighted by Crippen LogP contribution is -2.48. The predicted octanol–water partition coefficient (Wildman–Crippen LogP) is 2.74. The minimum absolute atomic E-state index is 0.0788. The van der Waals surface area contributed by atoms with Crippen LogP contribution in [0.5, 0.6) is 0 Å². The fourth-order valence-electron chi connectivity index (χ4n) is 3.57. The molecule has 0 radical (unpaired) electrons. The molecule has 0 saturated carbocycles. The predicted molar refractivity (Wildman–Crippen MR) is 74.3 cm³/mol. The summed E-state index contributed by atoms with van der Waals surface area (Å²) in [5.41, 5.74) is 1.19. The van der Waals surface area contributed by atoms with Crippen LogP contribution in [0.2, 0.25) is 5.02 Å². The number of esters is 1. The van der Waals surface area contributed by atoms with E-state index < -0.39 is 0 Å². The number of hydrogen-bond acceptors (Lipinski definition) is 3. The van der Waals surface area contributed by atoms with Crippen molar-refractivity contribution in [1.29, 1.82) is 0 Å². The van der Waals surface area contributed by atoms with Gasteiger partial charge in [0.05, 0.1) is 13.0 Å². The maximum atomic E-state index is 12.1. The smallest absolute Gasteiger partial charge is 0.310 e. The van der Waals surface area contributed by atoms with Crippen molar-refractivity contribution < 1.29 is 9.53 Å². The van der Waals surface area contributed by atoms with Gasteiger partial charge in [-0.2, -0.15) is 0 Å². The van der Waals surface area contributed by atoms with E-state index in [-0.39, 0.29) is 23.8 Å². The average Bonchev–Trinajstić information content (AvgIpc) is 2.80. The molecule has 2 saturated heterocycles. The van der Waals surface area contributed by atoms with Gasteiger partial charge in [-0.1, -0.05) is 23.7 Å². The largest absolute Gasteiger partial charge is 0.469 e. The standard InChI is InChI=1S/C15H18ClNO2/c1-19-15(18)14-12(8-11-6-7-13(14)17-11)9-2-4-10(16)5-3-9/h2-5,11-14,17H,6-8H2,1H3/t11-,12+,13+,14-/m0/s1. The minimum Gasteiger partial charge on any atom is -0.469 e. The number of carbonyl (C=O) groups is 1. The van der Waals surface area contributed by atoms with E-state index in [2.05, 4.69) is 5.32 Å². The van der Waals surface area contributed by atoms with Gasteiger partial charge in [-0.3, -0.25) is 4.79 Å². The first kappa shape index (κ1) is 12.9. The van der Waals surface area contributed by atoms with Crippen molar-refractivity contribution in [3.05, 3.63) is 34.9 Å². The third-order valence-corrected chi connectivity index (χ3v) is 4.70. The van der Waals surface area contributed by atoms with Gasteiger partial charge in [-0.25, -0.2) is 0 Å². The summed E-state index contributed by atoms with van der Waals surface area (Å²) in [5.74, 6) is 0.0613. The maximum absolute atomic E-state index is 12.1. The van der Waals surface area contributed by atoms with E-state index >= 15 is 0 Å². The first-order valence-corrected chi connectivity index (χ1v) is 7.16. The van der Waals surface area contributed by atoms with Crippen molar-refractivity contribution >= 4 is 17.6 Å². The monoisotopic (exact) mass is 279 g/mol. The molecule has 3 nitrogen and oxygen atoms in total. The summed E-state index contributed by atoms with van der Waals surface area (Å²) in [7, 11) is 1.47. The van der Waals surface area contributed by atoms with Crippen LogP contribution in [0.1, 0.15) is 30.7 Å². The van der Waals surface area contributed by atoms with E-state index in [9.17, 15) is 4.79 Å². The topological polar surface area (TPSA) is 38.3 Å². The van der Waals surface area contributed by atoms with E-state index in [1.807, 2.05) is 24.3 Å². The summed E-state index contributed by atoms with van der Waals surface area (Å²) < 4.78 is 5.01. The second-order valence-electron chi connectivity index (χ2n) is 5.49. The molecule has 4 heteroatoms. The van der Waals surface area contributed by atoms with Crippen LogP contribution in [0.15, 0.2) is 24.3 Å². The summed E-state index contributed by atoms with van der Waals surface area (Å²) in [6.45, 7) is 0. The highest BCUT2D eigenvalue weighted by Gasteiger charge is 2.46. The third kappa shape index (κ3) is 2.37. The second kappa shape index (κ2) is 5.14. The Morgan fingerprint density at radius 3 is 2.74 bits per heavy atom. The molecule has 0 amide bonds. The molecular formula is C15H18ClNO2. The molecule has 19 heavy (non-hydrogen) atoms. The SMILES string of the molecule is COC(=O)[C@H]1[C@@H](c2ccc(Cl)cc2)C[C@@H]2CC[C@H]1N2. The van der Waals surface area contributed by atoms with Crippen LogP contribution in [-0.4, -0.2) is 25.2 Å². The normalized spacial score (nSPS) is 33.2. The lowest BCUT2D eigenvalue weighted by atomic mass is 9.77. The Hall–Kier alpha value is -1.06. The van der Waals surface area contributed by atoms with Gasteiger partial charge in [-0.05, 0) is 37.0 Å². The van der Waals surface area contributed by atoms with Crippen molar-refractivity contribution in [2.45, 2.75) is 37.3 Å². The zero-order valence-electron chi connectivity index (χ0n) is 10.9. The molecule has 2 aliphatic heterocycles. The number of benzene rings is 1. The van der Waals surface area contributed by atoms with Gasteiger partial charge < -0.3 is 10.1 Å². The zero-order chi connectivity index (χ0) is 13.4. The first-order chi connectivity index (χ1) is 9.19. The summed E-state index contributed by atoms with van der Waals surface area (Å²) in [5, 5.41) is 4.27. The highest BCUT2D eigenvalue weighted by Crippen LogP contribution is 2.42. The van der Waals surface area contributed by atoms with Crippen molar-refractivity contribution in [3.63, 3.8) is 0 Å². The van der Waals surface area contributed by atoms with E-state index in [1.165, 1.54) is 12.7 Å². The molecule has 0 aliphatic carbocycles. The van der Waals surface area contributed by atoms with Crippen molar-refractivity contribution in [1.82, 2.24) is 5.32 Å². The Bertz CT molecular complexity index is 474. The van der Waals surface area contributed by atoms with Crippen LogP contribution in [0.3, 0.4) is 0 Å². The van der Waals surface area contributed by atoms with Crippen molar-refractivity contribution in [3.8, 4) is 0 Å². The Labute approximate surface area is 118 Å². The molecule has 2 fully saturated rings. The fraction of sp³-hybridized carbons (Fsp3) is 0.533. The van der Waals surface area contributed by atoms with Gasteiger partial charge in [0.2, 0.25) is 0 Å². The highest BCUT2D eigenvalue weighted by molar-refractivity contribution is 6.30. The van der Waals surface area contributed by atoms with Crippen LogP contribution >= 0.6 is 11.6 Å². The number of fused-ring (bicyclic) bond motifs is 2. The van der Waals surface area contributed by atoms with E-state index in [0.29, 0.717) is 6.04 Å². The minimum atomic E-state index is -0.0993. The molecule has 0 aromatic heterocycles. The molecule has 102 valence electrons. The van der Waals surface area contributed by atoms with Gasteiger partial charge in [0.15, 0.2) is 0 Å². The van der Waals surface area contributed by atoms with Gasteiger partial charge in [0, 0.05) is 23.0 Å². The summed E-state index contributed by atoms with van der Waals surface area (Å²) in [4.78, 5) is 12.1. The molecule has 0 spiro atoms. The average molecular weight is 280 g/mol. The summed E-state index contributed by atoms with van der Waals surface area (Å²) >= 11 is 5.94. The molecule has 1 N–H and O–H groups in total. The summed E-state index contributed by atoms with van der Waals surface area (Å²) in [6, 6.07) is 8.66. The van der Waals surface area contributed by atoms with Crippen molar-refractivity contribution in [2.24, 2.45) is 5.92 Å². The van der Waals surface area contributed by atoms with Crippen LogP contribution in [0, 0.1) is 5.92 Å². The molecule has 2 aliphatic rings. The van der Waals surface area contributed by atoms with Crippen LogP contribution in [0.4, 0.5) is 0 Å². The molecule has 2 bridgehead atoms. The quantitative estimate of drug-likeness (QED) is 0.846. The lowest BCUT2D eigenvalue weighted by molar-refractivity contribution is -0.148. The molecule has 2 heterocycles.